The Morgan fingerprint density at radius 3 is 2.70 bits per heavy atom. The normalized spacial score (nSPS) is 23.6. The molecule has 1 aromatic rings. The van der Waals surface area contributed by atoms with E-state index in [0.29, 0.717) is 13.0 Å². The Balaban J connectivity index is 2.14. The van der Waals surface area contributed by atoms with Crippen LogP contribution in [-0.2, 0) is 4.79 Å². The molecule has 1 heterocycles. The highest BCUT2D eigenvalue weighted by atomic mass is 16.3. The zero-order chi connectivity index (χ0) is 14.5. The van der Waals surface area contributed by atoms with Gasteiger partial charge in [0.25, 0.3) is 0 Å². The van der Waals surface area contributed by atoms with Crippen LogP contribution in [0.4, 0.5) is 0 Å². The molecule has 1 aliphatic heterocycles. The van der Waals surface area contributed by atoms with Crippen LogP contribution in [0.1, 0.15) is 37.8 Å². The lowest BCUT2D eigenvalue weighted by molar-refractivity contribution is -0.136. The molecule has 2 rings (SSSR count). The SMILES string of the molecule is CCCC(c1ccccc1)N(C)C(=O)[C@H]1NCCC1O. The Morgan fingerprint density at radius 1 is 1.45 bits per heavy atom. The van der Waals surface area contributed by atoms with Gasteiger partial charge in [0.15, 0.2) is 0 Å². The van der Waals surface area contributed by atoms with Crippen LogP contribution in [0.3, 0.4) is 0 Å². The topological polar surface area (TPSA) is 52.6 Å². The van der Waals surface area contributed by atoms with E-state index in [4.69, 9.17) is 0 Å². The molecule has 0 aromatic heterocycles. The summed E-state index contributed by atoms with van der Waals surface area (Å²) in [4.78, 5) is 14.3. The van der Waals surface area contributed by atoms with E-state index in [2.05, 4.69) is 24.4 Å². The van der Waals surface area contributed by atoms with E-state index in [0.717, 1.165) is 18.4 Å². The molecule has 0 radical (unpaired) electrons. The average Bonchev–Trinajstić information content (AvgIpc) is 2.90. The first kappa shape index (κ1) is 15.0. The van der Waals surface area contributed by atoms with E-state index in [1.165, 1.54) is 0 Å². The molecule has 1 aliphatic rings. The van der Waals surface area contributed by atoms with Crippen molar-refractivity contribution in [1.29, 1.82) is 0 Å². The van der Waals surface area contributed by atoms with Crippen molar-refractivity contribution in [1.82, 2.24) is 10.2 Å². The summed E-state index contributed by atoms with van der Waals surface area (Å²) in [7, 11) is 1.84. The number of benzene rings is 1. The van der Waals surface area contributed by atoms with E-state index < -0.39 is 12.1 Å². The first-order valence-electron chi connectivity index (χ1n) is 7.38. The Hall–Kier alpha value is -1.39. The van der Waals surface area contributed by atoms with Crippen LogP contribution < -0.4 is 5.32 Å². The highest BCUT2D eigenvalue weighted by molar-refractivity contribution is 5.83. The molecule has 1 amide bonds. The molecule has 2 N–H and O–H groups in total. The first-order chi connectivity index (χ1) is 9.65. The molecule has 1 fully saturated rings. The Bertz CT molecular complexity index is 435. The second-order valence-electron chi connectivity index (χ2n) is 5.45. The fraction of sp³-hybridized carbons (Fsp3) is 0.562. The number of nitrogens with zero attached hydrogens (tertiary/aromatic N) is 1. The van der Waals surface area contributed by atoms with Crippen molar-refractivity contribution in [3.63, 3.8) is 0 Å². The fourth-order valence-electron chi connectivity index (χ4n) is 2.85. The van der Waals surface area contributed by atoms with Crippen molar-refractivity contribution in [3.05, 3.63) is 35.9 Å². The molecule has 3 atom stereocenters. The molecule has 0 saturated carbocycles. The summed E-state index contributed by atoms with van der Waals surface area (Å²) in [6.07, 6.45) is 2.02. The Morgan fingerprint density at radius 2 is 2.15 bits per heavy atom. The van der Waals surface area contributed by atoms with Gasteiger partial charge in [-0.25, -0.2) is 0 Å². The fourth-order valence-corrected chi connectivity index (χ4v) is 2.85. The summed E-state index contributed by atoms with van der Waals surface area (Å²) in [5.41, 5.74) is 1.15. The maximum absolute atomic E-state index is 12.5. The summed E-state index contributed by atoms with van der Waals surface area (Å²) in [5, 5.41) is 13.0. The van der Waals surface area contributed by atoms with Gasteiger partial charge in [0.1, 0.15) is 6.04 Å². The van der Waals surface area contributed by atoms with Crippen LogP contribution in [0.15, 0.2) is 30.3 Å². The van der Waals surface area contributed by atoms with Gasteiger partial charge in [0.05, 0.1) is 12.1 Å². The molecule has 0 aliphatic carbocycles. The number of aliphatic hydroxyl groups is 1. The molecule has 1 saturated heterocycles. The summed E-state index contributed by atoms with van der Waals surface area (Å²) >= 11 is 0. The van der Waals surface area contributed by atoms with Gasteiger partial charge in [-0.2, -0.15) is 0 Å². The minimum atomic E-state index is -0.567. The van der Waals surface area contributed by atoms with E-state index in [-0.39, 0.29) is 11.9 Å². The molecule has 0 bridgehead atoms. The van der Waals surface area contributed by atoms with Crippen molar-refractivity contribution in [3.8, 4) is 0 Å². The zero-order valence-corrected chi connectivity index (χ0v) is 12.2. The van der Waals surface area contributed by atoms with Crippen LogP contribution in [-0.4, -0.2) is 41.7 Å². The quantitative estimate of drug-likeness (QED) is 0.861. The number of likely N-dealkylation sites (N-methyl/N-ethyl adjacent to an activating group) is 1. The number of nitrogens with one attached hydrogen (secondary N) is 1. The highest BCUT2D eigenvalue weighted by Gasteiger charge is 2.35. The van der Waals surface area contributed by atoms with Gasteiger partial charge < -0.3 is 15.3 Å². The maximum Gasteiger partial charge on any atom is 0.242 e. The molecular formula is C16H24N2O2. The molecule has 1 aromatic carbocycles. The van der Waals surface area contributed by atoms with Gasteiger partial charge in [0.2, 0.25) is 5.91 Å². The summed E-state index contributed by atoms with van der Waals surface area (Å²) in [6, 6.07) is 9.71. The summed E-state index contributed by atoms with van der Waals surface area (Å²) in [6.45, 7) is 2.83. The van der Waals surface area contributed by atoms with Crippen LogP contribution in [0.25, 0.3) is 0 Å². The van der Waals surface area contributed by atoms with E-state index in [1.807, 2.05) is 25.2 Å². The minimum Gasteiger partial charge on any atom is -0.391 e. The third-order valence-electron chi connectivity index (χ3n) is 4.02. The Labute approximate surface area is 120 Å². The third-order valence-corrected chi connectivity index (χ3v) is 4.02. The van der Waals surface area contributed by atoms with Crippen molar-refractivity contribution in [2.75, 3.05) is 13.6 Å². The number of carbonyl (C=O) groups excluding carboxylic acids is 1. The average molecular weight is 276 g/mol. The molecule has 110 valence electrons. The number of aliphatic hydroxyl groups excluding tert-OH is 1. The lowest BCUT2D eigenvalue weighted by Crippen LogP contribution is -2.47. The minimum absolute atomic E-state index is 0.0164. The van der Waals surface area contributed by atoms with Crippen LogP contribution >= 0.6 is 0 Å². The monoisotopic (exact) mass is 276 g/mol. The van der Waals surface area contributed by atoms with Gasteiger partial charge >= 0.3 is 0 Å². The van der Waals surface area contributed by atoms with Crippen LogP contribution in [0, 0.1) is 0 Å². The molecule has 20 heavy (non-hydrogen) atoms. The van der Waals surface area contributed by atoms with E-state index >= 15 is 0 Å². The standard InChI is InChI=1S/C16H24N2O2/c1-3-7-13(12-8-5-4-6-9-12)18(2)16(20)15-14(19)10-11-17-15/h4-6,8-9,13-15,17,19H,3,7,10-11H2,1-2H3/t13?,14?,15-/m0/s1. The van der Waals surface area contributed by atoms with Crippen molar-refractivity contribution in [2.24, 2.45) is 0 Å². The lowest BCUT2D eigenvalue weighted by Gasteiger charge is -2.31. The predicted molar refractivity (Wildman–Crippen MR) is 79.3 cm³/mol. The van der Waals surface area contributed by atoms with Gasteiger partial charge in [0, 0.05) is 7.05 Å². The summed E-state index contributed by atoms with van der Waals surface area (Å²) < 4.78 is 0. The second kappa shape index (κ2) is 6.86. The molecule has 2 unspecified atom stereocenters. The lowest BCUT2D eigenvalue weighted by atomic mass is 10.00. The second-order valence-corrected chi connectivity index (χ2v) is 5.45. The number of hydrogen-bond acceptors (Lipinski definition) is 3. The molecule has 4 nitrogen and oxygen atoms in total. The van der Waals surface area contributed by atoms with Gasteiger partial charge in [-0.15, -0.1) is 0 Å². The van der Waals surface area contributed by atoms with Crippen LogP contribution in [0.2, 0.25) is 0 Å². The van der Waals surface area contributed by atoms with E-state index in [1.54, 1.807) is 4.90 Å². The summed E-state index contributed by atoms with van der Waals surface area (Å²) in [5.74, 6) is -0.0164. The zero-order valence-electron chi connectivity index (χ0n) is 12.2. The van der Waals surface area contributed by atoms with Crippen LogP contribution in [0.5, 0.6) is 0 Å². The number of carbonyl (C=O) groups is 1. The third kappa shape index (κ3) is 3.19. The van der Waals surface area contributed by atoms with Gasteiger partial charge in [-0.05, 0) is 24.9 Å². The van der Waals surface area contributed by atoms with Gasteiger partial charge in [-0.3, -0.25) is 4.79 Å². The smallest absolute Gasteiger partial charge is 0.242 e. The first-order valence-corrected chi connectivity index (χ1v) is 7.38. The highest BCUT2D eigenvalue weighted by Crippen LogP contribution is 2.26. The molecule has 4 heteroatoms. The van der Waals surface area contributed by atoms with Gasteiger partial charge in [-0.1, -0.05) is 43.7 Å². The van der Waals surface area contributed by atoms with E-state index in [9.17, 15) is 9.90 Å². The maximum atomic E-state index is 12.5. The number of rotatable bonds is 5. The Kier molecular flexibility index (Phi) is 5.15. The van der Waals surface area contributed by atoms with Crippen molar-refractivity contribution < 1.29 is 9.90 Å². The van der Waals surface area contributed by atoms with Crippen molar-refractivity contribution in [2.45, 2.75) is 44.4 Å². The largest absolute Gasteiger partial charge is 0.391 e. The molecular weight excluding hydrogens is 252 g/mol. The number of hydrogen-bond donors (Lipinski definition) is 2. The predicted octanol–water partition coefficient (Wildman–Crippen LogP) is 1.71. The van der Waals surface area contributed by atoms with Crippen molar-refractivity contribution >= 4 is 5.91 Å². The number of amides is 1. The molecule has 0 spiro atoms.